The fourth-order valence-electron chi connectivity index (χ4n) is 1.91. The molecule has 0 fully saturated rings. The van der Waals surface area contributed by atoms with Crippen LogP contribution in [0.1, 0.15) is 0 Å². The molecule has 5 nitrogen and oxygen atoms in total. The van der Waals surface area contributed by atoms with Gasteiger partial charge in [-0.15, -0.1) is 9.89 Å². The molecule has 0 saturated carbocycles. The van der Waals surface area contributed by atoms with E-state index < -0.39 is 0 Å². The molecule has 2 aromatic carbocycles. The van der Waals surface area contributed by atoms with Crippen molar-refractivity contribution in [2.24, 2.45) is 0 Å². The zero-order valence-electron chi connectivity index (χ0n) is 10.8. The smallest absolute Gasteiger partial charge is 0.140 e. The molecule has 0 atom stereocenters. The molecule has 2 N–H and O–H groups in total. The summed E-state index contributed by atoms with van der Waals surface area (Å²) in [5, 5.41) is 4.30. The molecule has 3 rings (SSSR count). The highest BCUT2D eigenvalue weighted by Gasteiger charge is 2.13. The van der Waals surface area contributed by atoms with E-state index in [9.17, 15) is 4.48 Å². The Kier molecular flexibility index (Phi) is 3.45. The van der Waals surface area contributed by atoms with Crippen molar-refractivity contribution in [1.82, 2.24) is 14.9 Å². The Balaban J connectivity index is 1.94. The molecular formula is C14H11ClFN5. The molecule has 0 bridgehead atoms. The Morgan fingerprint density at radius 2 is 1.81 bits per heavy atom. The van der Waals surface area contributed by atoms with Crippen LogP contribution in [0.5, 0.6) is 0 Å². The first-order chi connectivity index (χ1) is 10.1. The van der Waals surface area contributed by atoms with Crippen molar-refractivity contribution in [2.45, 2.75) is 0 Å². The molecule has 3 aromatic rings. The fourth-order valence-corrected chi connectivity index (χ4v) is 2.16. The standard InChI is InChI=1S/C14H11ClFN5/c15-13-7-11(10-1-4-12(17)5-2-10)3-6-14(13)21(16)20-9-18-8-19-20/h1-9H,17H2. The lowest BCUT2D eigenvalue weighted by Gasteiger charge is -2.14. The molecule has 0 unspecified atom stereocenters. The minimum Gasteiger partial charge on any atom is -0.399 e. The van der Waals surface area contributed by atoms with Crippen LogP contribution in [0.4, 0.5) is 15.9 Å². The number of anilines is 2. The van der Waals surface area contributed by atoms with Gasteiger partial charge in [0.25, 0.3) is 0 Å². The zero-order chi connectivity index (χ0) is 14.8. The summed E-state index contributed by atoms with van der Waals surface area (Å²) in [6.45, 7) is 0. The average Bonchev–Trinajstić information content (AvgIpc) is 3.01. The van der Waals surface area contributed by atoms with Gasteiger partial charge in [-0.05, 0) is 35.4 Å². The highest BCUT2D eigenvalue weighted by atomic mass is 35.5. The Morgan fingerprint density at radius 3 is 2.43 bits per heavy atom. The monoisotopic (exact) mass is 303 g/mol. The molecule has 0 spiro atoms. The lowest BCUT2D eigenvalue weighted by atomic mass is 10.1. The van der Waals surface area contributed by atoms with Crippen molar-refractivity contribution in [2.75, 3.05) is 11.0 Å². The highest BCUT2D eigenvalue weighted by Crippen LogP contribution is 2.31. The zero-order valence-corrected chi connectivity index (χ0v) is 11.6. The Labute approximate surface area is 125 Å². The predicted molar refractivity (Wildman–Crippen MR) is 80.3 cm³/mol. The van der Waals surface area contributed by atoms with Crippen molar-refractivity contribution in [3.05, 3.63) is 60.1 Å². The van der Waals surface area contributed by atoms with Gasteiger partial charge < -0.3 is 5.73 Å². The van der Waals surface area contributed by atoms with E-state index in [1.165, 1.54) is 12.7 Å². The number of rotatable bonds is 3. The van der Waals surface area contributed by atoms with Crippen LogP contribution in [0.15, 0.2) is 55.1 Å². The van der Waals surface area contributed by atoms with Crippen LogP contribution in [0.3, 0.4) is 0 Å². The van der Waals surface area contributed by atoms with Gasteiger partial charge in [-0.3, -0.25) is 0 Å². The molecule has 0 aliphatic heterocycles. The van der Waals surface area contributed by atoms with Crippen molar-refractivity contribution in [3.8, 4) is 11.1 Å². The van der Waals surface area contributed by atoms with E-state index in [4.69, 9.17) is 17.3 Å². The maximum Gasteiger partial charge on any atom is 0.140 e. The second-order valence-corrected chi connectivity index (χ2v) is 4.77. The van der Waals surface area contributed by atoms with Crippen LogP contribution >= 0.6 is 11.6 Å². The first-order valence-corrected chi connectivity index (χ1v) is 6.49. The lowest BCUT2D eigenvalue weighted by Crippen LogP contribution is -2.20. The Hall–Kier alpha value is -2.60. The predicted octanol–water partition coefficient (Wildman–Crippen LogP) is 3.33. The molecule has 21 heavy (non-hydrogen) atoms. The van der Waals surface area contributed by atoms with E-state index in [1.807, 2.05) is 12.1 Å². The second-order valence-electron chi connectivity index (χ2n) is 4.36. The minimum atomic E-state index is 0.182. The van der Waals surface area contributed by atoms with E-state index >= 15 is 0 Å². The molecule has 0 aliphatic rings. The topological polar surface area (TPSA) is 60.0 Å². The summed E-state index contributed by atoms with van der Waals surface area (Å²) >= 11 is 6.15. The summed E-state index contributed by atoms with van der Waals surface area (Å²) in [4.78, 5) is 4.64. The summed E-state index contributed by atoms with van der Waals surface area (Å²) in [6.07, 6.45) is 2.48. The van der Waals surface area contributed by atoms with Crippen LogP contribution in [0.2, 0.25) is 5.02 Å². The van der Waals surface area contributed by atoms with Gasteiger partial charge in [-0.1, -0.05) is 39.5 Å². The number of hydrogen-bond acceptors (Lipinski definition) is 4. The van der Waals surface area contributed by atoms with Crippen molar-refractivity contribution in [3.63, 3.8) is 0 Å². The van der Waals surface area contributed by atoms with Crippen LogP contribution in [0.25, 0.3) is 11.1 Å². The molecule has 0 saturated heterocycles. The van der Waals surface area contributed by atoms with Gasteiger partial charge >= 0.3 is 0 Å². The summed E-state index contributed by atoms with van der Waals surface area (Å²) in [5.41, 5.74) is 8.34. The highest BCUT2D eigenvalue weighted by molar-refractivity contribution is 6.33. The van der Waals surface area contributed by atoms with E-state index in [-0.39, 0.29) is 10.7 Å². The molecule has 7 heteroatoms. The molecule has 106 valence electrons. The SMILES string of the molecule is Nc1ccc(-c2ccc(N(F)n3cncn3)c(Cl)c2)cc1. The number of benzene rings is 2. The Morgan fingerprint density at radius 1 is 1.10 bits per heavy atom. The van der Waals surface area contributed by atoms with Gasteiger partial charge in [0, 0.05) is 5.69 Å². The third-order valence-corrected chi connectivity index (χ3v) is 3.28. The molecule has 0 radical (unpaired) electrons. The molecule has 1 aromatic heterocycles. The van der Waals surface area contributed by atoms with E-state index in [0.717, 1.165) is 15.9 Å². The Bertz CT molecular complexity index is 743. The number of nitrogens with zero attached hydrogens (tertiary/aromatic N) is 4. The van der Waals surface area contributed by atoms with Gasteiger partial charge in [0.1, 0.15) is 18.3 Å². The van der Waals surface area contributed by atoms with Crippen molar-refractivity contribution >= 4 is 23.0 Å². The summed E-state index contributed by atoms with van der Waals surface area (Å²) in [5.74, 6) is 0. The van der Waals surface area contributed by atoms with Crippen molar-refractivity contribution in [1.29, 1.82) is 0 Å². The van der Waals surface area contributed by atoms with Gasteiger partial charge in [0.15, 0.2) is 0 Å². The van der Waals surface area contributed by atoms with E-state index in [2.05, 4.69) is 10.1 Å². The van der Waals surface area contributed by atoms with Crippen LogP contribution in [-0.2, 0) is 0 Å². The third kappa shape index (κ3) is 2.66. The first kappa shape index (κ1) is 13.4. The molecule has 0 amide bonds. The molecule has 0 aliphatic carbocycles. The molecular weight excluding hydrogens is 293 g/mol. The van der Waals surface area contributed by atoms with Gasteiger partial charge in [-0.2, -0.15) is 0 Å². The second kappa shape index (κ2) is 5.41. The summed E-state index contributed by atoms with van der Waals surface area (Å²) in [6, 6.07) is 12.4. The fraction of sp³-hybridized carbons (Fsp3) is 0. The van der Waals surface area contributed by atoms with Crippen LogP contribution in [-0.4, -0.2) is 14.9 Å². The van der Waals surface area contributed by atoms with Gasteiger partial charge in [0.2, 0.25) is 0 Å². The van der Waals surface area contributed by atoms with Crippen LogP contribution < -0.4 is 11.0 Å². The minimum absolute atomic E-state index is 0.182. The number of aromatic nitrogens is 3. The number of nitrogen functional groups attached to an aromatic ring is 1. The quantitative estimate of drug-likeness (QED) is 0.595. The third-order valence-electron chi connectivity index (χ3n) is 2.98. The number of nitrogens with two attached hydrogens (primary N) is 1. The summed E-state index contributed by atoms with van der Waals surface area (Å²) in [7, 11) is 0. The maximum absolute atomic E-state index is 14.1. The maximum atomic E-state index is 14.1. The summed E-state index contributed by atoms with van der Waals surface area (Å²) < 4.78 is 14.1. The number of halogens is 2. The molecule has 1 heterocycles. The van der Waals surface area contributed by atoms with Gasteiger partial charge in [0.05, 0.1) is 5.02 Å². The average molecular weight is 304 g/mol. The normalized spacial score (nSPS) is 10.6. The van der Waals surface area contributed by atoms with Crippen molar-refractivity contribution < 1.29 is 4.48 Å². The largest absolute Gasteiger partial charge is 0.399 e. The van der Waals surface area contributed by atoms with E-state index in [1.54, 1.807) is 30.3 Å². The van der Waals surface area contributed by atoms with Gasteiger partial charge in [-0.25, -0.2) is 4.98 Å². The van der Waals surface area contributed by atoms with Crippen LogP contribution in [0, 0.1) is 0 Å². The number of hydrogen-bond donors (Lipinski definition) is 1. The lowest BCUT2D eigenvalue weighted by molar-refractivity contribution is 0.355. The van der Waals surface area contributed by atoms with E-state index in [0.29, 0.717) is 10.9 Å². The first-order valence-electron chi connectivity index (χ1n) is 6.11.